The molecule has 5 nitrogen and oxygen atoms in total. The van der Waals surface area contributed by atoms with Gasteiger partial charge in [-0.2, -0.15) is 0 Å². The van der Waals surface area contributed by atoms with Gasteiger partial charge >= 0.3 is 0 Å². The Morgan fingerprint density at radius 3 is 2.68 bits per heavy atom. The van der Waals surface area contributed by atoms with Crippen LogP contribution >= 0.6 is 0 Å². The number of carbonyl (C=O) groups excluding carboxylic acids is 1. The van der Waals surface area contributed by atoms with E-state index in [1.165, 1.54) is 6.26 Å². The summed E-state index contributed by atoms with van der Waals surface area (Å²) in [6.45, 7) is 3.76. The van der Waals surface area contributed by atoms with Gasteiger partial charge in [-0.3, -0.25) is 15.6 Å². The van der Waals surface area contributed by atoms with E-state index in [1.807, 2.05) is 38.1 Å². The van der Waals surface area contributed by atoms with Gasteiger partial charge in [-0.05, 0) is 26.0 Å². The van der Waals surface area contributed by atoms with E-state index >= 15 is 0 Å². The molecule has 0 aliphatic carbocycles. The highest BCUT2D eigenvalue weighted by Crippen LogP contribution is 2.24. The number of methoxy groups -OCH3 is 1. The summed E-state index contributed by atoms with van der Waals surface area (Å²) in [6, 6.07) is 7.44. The van der Waals surface area contributed by atoms with E-state index in [4.69, 9.17) is 9.47 Å². The van der Waals surface area contributed by atoms with Crippen LogP contribution in [-0.4, -0.2) is 18.5 Å². The molecule has 0 unspecified atom stereocenters. The summed E-state index contributed by atoms with van der Waals surface area (Å²) in [4.78, 5) is 11.9. The van der Waals surface area contributed by atoms with Crippen molar-refractivity contribution in [3.8, 4) is 5.75 Å². The average molecular weight is 262 g/mol. The van der Waals surface area contributed by atoms with Crippen molar-refractivity contribution in [2.75, 3.05) is 12.5 Å². The number of ether oxygens (including phenoxy) is 2. The Balaban J connectivity index is 2.03. The molecule has 0 saturated heterocycles. The van der Waals surface area contributed by atoms with Crippen LogP contribution in [0.5, 0.6) is 5.75 Å². The van der Waals surface area contributed by atoms with Gasteiger partial charge in [0, 0.05) is 0 Å². The van der Waals surface area contributed by atoms with E-state index in [9.17, 15) is 4.79 Å². The van der Waals surface area contributed by atoms with Crippen LogP contribution in [0.3, 0.4) is 0 Å². The summed E-state index contributed by atoms with van der Waals surface area (Å²) in [7, 11) is 1.59. The fourth-order valence-corrected chi connectivity index (χ4v) is 1.79. The third-order valence-electron chi connectivity index (χ3n) is 2.82. The molecule has 5 heteroatoms. The predicted molar refractivity (Wildman–Crippen MR) is 72.6 cm³/mol. The maximum atomic E-state index is 11.9. The number of benzene rings is 1. The molecule has 2 N–H and O–H groups in total. The van der Waals surface area contributed by atoms with Crippen LogP contribution in [-0.2, 0) is 9.53 Å². The molecule has 1 aliphatic heterocycles. The van der Waals surface area contributed by atoms with E-state index in [2.05, 4.69) is 10.9 Å². The lowest BCUT2D eigenvalue weighted by molar-refractivity contribution is -0.122. The molecule has 0 saturated carbocycles. The van der Waals surface area contributed by atoms with E-state index in [-0.39, 0.29) is 5.78 Å². The number of hydrogen-bond donors (Lipinski definition) is 2. The minimum absolute atomic E-state index is 0.0126. The standard InChI is InChI=1S/C14H18N2O3/c1-14(2)8-12(17)11(9-19-14)16-15-10-6-4-5-7-13(10)18-3/h4-7,9,15-16H,8H2,1-3H3. The summed E-state index contributed by atoms with van der Waals surface area (Å²) in [5, 5.41) is 0. The van der Waals surface area contributed by atoms with Gasteiger partial charge in [-0.1, -0.05) is 12.1 Å². The zero-order valence-electron chi connectivity index (χ0n) is 11.3. The number of hydrogen-bond acceptors (Lipinski definition) is 5. The molecule has 1 heterocycles. The number of nitrogens with one attached hydrogen (secondary N) is 2. The van der Waals surface area contributed by atoms with Gasteiger partial charge in [-0.15, -0.1) is 0 Å². The third kappa shape index (κ3) is 3.19. The molecule has 0 fully saturated rings. The van der Waals surface area contributed by atoms with Crippen molar-refractivity contribution in [1.82, 2.24) is 5.43 Å². The predicted octanol–water partition coefficient (Wildman–Crippen LogP) is 2.22. The highest BCUT2D eigenvalue weighted by atomic mass is 16.5. The Bertz CT molecular complexity index is 509. The van der Waals surface area contributed by atoms with Crippen molar-refractivity contribution in [1.29, 1.82) is 0 Å². The SMILES string of the molecule is COc1ccccc1NNC1=COC(C)(C)CC1=O. The Morgan fingerprint density at radius 2 is 2.00 bits per heavy atom. The Labute approximate surface area is 112 Å². The summed E-state index contributed by atoms with van der Waals surface area (Å²) < 4.78 is 10.7. The van der Waals surface area contributed by atoms with Crippen LogP contribution < -0.4 is 15.6 Å². The van der Waals surface area contributed by atoms with Crippen molar-refractivity contribution >= 4 is 11.5 Å². The average Bonchev–Trinajstić information content (AvgIpc) is 2.37. The van der Waals surface area contributed by atoms with Crippen molar-refractivity contribution in [2.45, 2.75) is 25.9 Å². The first-order valence-electron chi connectivity index (χ1n) is 6.08. The largest absolute Gasteiger partial charge is 0.495 e. The van der Waals surface area contributed by atoms with Crippen molar-refractivity contribution in [2.24, 2.45) is 0 Å². The molecule has 2 rings (SSSR count). The van der Waals surface area contributed by atoms with Gasteiger partial charge < -0.3 is 9.47 Å². The van der Waals surface area contributed by atoms with Crippen LogP contribution in [0.15, 0.2) is 36.2 Å². The summed E-state index contributed by atoms with van der Waals surface area (Å²) in [5.74, 6) is 0.707. The van der Waals surface area contributed by atoms with Gasteiger partial charge in [0.25, 0.3) is 0 Å². The van der Waals surface area contributed by atoms with Crippen molar-refractivity contribution < 1.29 is 14.3 Å². The van der Waals surface area contributed by atoms with Crippen molar-refractivity contribution in [3.05, 3.63) is 36.2 Å². The number of anilines is 1. The van der Waals surface area contributed by atoms with Crippen LogP contribution in [0.1, 0.15) is 20.3 Å². The van der Waals surface area contributed by atoms with E-state index < -0.39 is 5.60 Å². The second-order valence-electron chi connectivity index (χ2n) is 4.96. The van der Waals surface area contributed by atoms with Crippen LogP contribution in [0, 0.1) is 0 Å². The van der Waals surface area contributed by atoms with Crippen LogP contribution in [0.2, 0.25) is 0 Å². The minimum atomic E-state index is -0.438. The number of allylic oxidation sites excluding steroid dienone is 1. The van der Waals surface area contributed by atoms with Gasteiger partial charge in [0.2, 0.25) is 0 Å². The second-order valence-corrected chi connectivity index (χ2v) is 4.96. The zero-order valence-corrected chi connectivity index (χ0v) is 11.3. The number of rotatable bonds is 4. The molecule has 0 aromatic heterocycles. The maximum Gasteiger partial charge on any atom is 0.187 e. The van der Waals surface area contributed by atoms with Gasteiger partial charge in [0.1, 0.15) is 23.3 Å². The highest BCUT2D eigenvalue weighted by Gasteiger charge is 2.29. The molecule has 1 aliphatic rings. The summed E-state index contributed by atoms with van der Waals surface area (Å²) in [5.41, 5.74) is 6.53. The molecule has 1 aromatic rings. The van der Waals surface area contributed by atoms with Crippen LogP contribution in [0.4, 0.5) is 5.69 Å². The van der Waals surface area contributed by atoms with Crippen molar-refractivity contribution in [3.63, 3.8) is 0 Å². The lowest BCUT2D eigenvalue weighted by Gasteiger charge is -2.29. The van der Waals surface area contributed by atoms with E-state index in [0.29, 0.717) is 17.9 Å². The zero-order chi connectivity index (χ0) is 13.9. The molecular weight excluding hydrogens is 244 g/mol. The van der Waals surface area contributed by atoms with Crippen LogP contribution in [0.25, 0.3) is 0 Å². The molecule has 0 spiro atoms. The number of hydrazine groups is 1. The van der Waals surface area contributed by atoms with E-state index in [1.54, 1.807) is 7.11 Å². The first-order valence-corrected chi connectivity index (χ1v) is 6.08. The summed E-state index contributed by atoms with van der Waals surface area (Å²) >= 11 is 0. The Kier molecular flexibility index (Phi) is 3.64. The number of ketones is 1. The topological polar surface area (TPSA) is 59.6 Å². The first kappa shape index (κ1) is 13.3. The lowest BCUT2D eigenvalue weighted by atomic mass is 9.98. The maximum absolute atomic E-state index is 11.9. The quantitative estimate of drug-likeness (QED) is 0.815. The fraction of sp³-hybridized carbons (Fsp3) is 0.357. The third-order valence-corrected chi connectivity index (χ3v) is 2.82. The molecule has 0 bridgehead atoms. The number of Topliss-reactive ketones (excluding diaryl/α,β-unsaturated/α-hetero) is 1. The Morgan fingerprint density at radius 1 is 1.26 bits per heavy atom. The van der Waals surface area contributed by atoms with Gasteiger partial charge in [-0.25, -0.2) is 0 Å². The smallest absolute Gasteiger partial charge is 0.187 e. The lowest BCUT2D eigenvalue weighted by Crippen LogP contribution is -2.37. The Hall–Kier alpha value is -2.17. The molecule has 0 amide bonds. The molecular formula is C14H18N2O3. The minimum Gasteiger partial charge on any atom is -0.495 e. The molecule has 0 radical (unpaired) electrons. The first-order chi connectivity index (χ1) is 9.02. The molecule has 102 valence electrons. The number of para-hydroxylation sites is 2. The normalized spacial score (nSPS) is 17.2. The summed E-state index contributed by atoms with van der Waals surface area (Å²) in [6.07, 6.45) is 1.80. The number of carbonyl (C=O) groups is 1. The second kappa shape index (κ2) is 5.22. The molecule has 0 atom stereocenters. The van der Waals surface area contributed by atoms with Gasteiger partial charge in [0.15, 0.2) is 5.78 Å². The van der Waals surface area contributed by atoms with E-state index in [0.717, 1.165) is 5.69 Å². The molecule has 1 aromatic carbocycles. The highest BCUT2D eigenvalue weighted by molar-refractivity contribution is 5.96. The monoisotopic (exact) mass is 262 g/mol. The van der Waals surface area contributed by atoms with Gasteiger partial charge in [0.05, 0.1) is 19.2 Å². The fourth-order valence-electron chi connectivity index (χ4n) is 1.79. The molecule has 19 heavy (non-hydrogen) atoms.